The summed E-state index contributed by atoms with van der Waals surface area (Å²) in [5.41, 5.74) is -1.20. The first-order valence-corrected chi connectivity index (χ1v) is 8.64. The number of carbonyl (C=O) groups excluding carboxylic acids is 2. The summed E-state index contributed by atoms with van der Waals surface area (Å²) in [5, 5.41) is 5.80. The highest BCUT2D eigenvalue weighted by Crippen LogP contribution is 2.24. The summed E-state index contributed by atoms with van der Waals surface area (Å²) in [4.78, 5) is 24.3. The smallest absolute Gasteiger partial charge is 0.341 e. The van der Waals surface area contributed by atoms with Crippen molar-refractivity contribution in [3.05, 3.63) is 82.9 Å². The highest BCUT2D eigenvalue weighted by molar-refractivity contribution is 6.04. The highest BCUT2D eigenvalue weighted by Gasteiger charge is 2.25. The van der Waals surface area contributed by atoms with E-state index in [4.69, 9.17) is 4.74 Å². The van der Waals surface area contributed by atoms with Crippen molar-refractivity contribution in [1.82, 2.24) is 9.78 Å². The van der Waals surface area contributed by atoms with E-state index >= 15 is 0 Å². The number of esters is 1. The van der Waals surface area contributed by atoms with E-state index in [9.17, 15) is 22.8 Å². The lowest BCUT2D eigenvalue weighted by atomic mass is 10.1. The number of amides is 1. The fraction of sp³-hybridized carbons (Fsp3) is 0.150. The molecule has 1 aromatic heterocycles. The molecule has 0 atom stereocenters. The molecule has 0 aliphatic rings. The number of aromatic nitrogens is 2. The molecule has 150 valence electrons. The van der Waals surface area contributed by atoms with Crippen molar-refractivity contribution in [2.45, 2.75) is 13.5 Å². The number of nitrogens with zero attached hydrogens (tertiary/aromatic N) is 2. The number of rotatable bonds is 6. The molecule has 0 aliphatic heterocycles. The number of nitrogens with one attached hydrogen (secondary N) is 1. The van der Waals surface area contributed by atoms with Crippen LogP contribution >= 0.6 is 0 Å². The van der Waals surface area contributed by atoms with Gasteiger partial charge in [-0.15, -0.1) is 0 Å². The van der Waals surface area contributed by atoms with Crippen molar-refractivity contribution < 1.29 is 27.5 Å². The Balaban J connectivity index is 1.91. The van der Waals surface area contributed by atoms with E-state index in [0.29, 0.717) is 0 Å². The largest absolute Gasteiger partial charge is 0.462 e. The van der Waals surface area contributed by atoms with Gasteiger partial charge in [-0.25, -0.2) is 18.0 Å². The van der Waals surface area contributed by atoms with Gasteiger partial charge in [0.05, 0.1) is 24.9 Å². The summed E-state index contributed by atoms with van der Waals surface area (Å²) in [6, 6.07) is 10.5. The molecule has 0 aliphatic carbocycles. The van der Waals surface area contributed by atoms with Gasteiger partial charge in [-0.3, -0.25) is 9.48 Å². The van der Waals surface area contributed by atoms with Gasteiger partial charge in [-0.1, -0.05) is 30.3 Å². The second-order valence-corrected chi connectivity index (χ2v) is 5.94. The molecule has 0 fully saturated rings. The Bertz CT molecular complexity index is 1050. The van der Waals surface area contributed by atoms with Gasteiger partial charge in [0.15, 0.2) is 17.3 Å². The molecule has 1 N–H and O–H groups in total. The van der Waals surface area contributed by atoms with Gasteiger partial charge in [-0.05, 0) is 24.6 Å². The minimum atomic E-state index is -1.31. The van der Waals surface area contributed by atoms with Crippen LogP contribution in [0.2, 0.25) is 0 Å². The van der Waals surface area contributed by atoms with Crippen molar-refractivity contribution in [2.75, 3.05) is 11.9 Å². The standard InChI is InChI=1S/C20H16F3N3O3/c1-2-29-20(28)13-8-9-14(21)17(16(13)23)25-19(27)18-15(22)10-24-26(18)11-12-6-4-3-5-7-12/h3-10H,2,11H2,1H3,(H,25,27). The number of hydrogen-bond acceptors (Lipinski definition) is 4. The van der Waals surface area contributed by atoms with E-state index in [1.165, 1.54) is 6.92 Å². The molecule has 3 rings (SSSR count). The van der Waals surface area contributed by atoms with Gasteiger partial charge in [-0.2, -0.15) is 5.10 Å². The average Bonchev–Trinajstić information content (AvgIpc) is 3.06. The number of anilines is 1. The van der Waals surface area contributed by atoms with E-state index in [-0.39, 0.29) is 13.2 Å². The van der Waals surface area contributed by atoms with Crippen LogP contribution in [0.3, 0.4) is 0 Å². The molecule has 0 saturated carbocycles. The van der Waals surface area contributed by atoms with Crippen LogP contribution in [0.15, 0.2) is 48.7 Å². The maximum absolute atomic E-state index is 14.6. The molecular formula is C20H16F3N3O3. The molecule has 0 unspecified atom stereocenters. The first kappa shape index (κ1) is 20.1. The second-order valence-electron chi connectivity index (χ2n) is 5.94. The topological polar surface area (TPSA) is 73.2 Å². The minimum absolute atomic E-state index is 0.0127. The zero-order valence-corrected chi connectivity index (χ0v) is 15.3. The van der Waals surface area contributed by atoms with E-state index in [2.05, 4.69) is 5.10 Å². The molecule has 1 amide bonds. The van der Waals surface area contributed by atoms with Gasteiger partial charge >= 0.3 is 5.97 Å². The van der Waals surface area contributed by atoms with Crippen LogP contribution in [0, 0.1) is 17.5 Å². The van der Waals surface area contributed by atoms with E-state index in [0.717, 1.165) is 28.6 Å². The maximum atomic E-state index is 14.6. The normalized spacial score (nSPS) is 10.6. The van der Waals surface area contributed by atoms with Crippen LogP contribution in [0.1, 0.15) is 33.3 Å². The first-order valence-electron chi connectivity index (χ1n) is 8.64. The van der Waals surface area contributed by atoms with E-state index in [1.807, 2.05) is 5.32 Å². The molecule has 0 bridgehead atoms. The molecule has 0 radical (unpaired) electrons. The van der Waals surface area contributed by atoms with Crippen LogP contribution in [-0.2, 0) is 11.3 Å². The molecule has 6 nitrogen and oxygen atoms in total. The Morgan fingerprint density at radius 3 is 2.48 bits per heavy atom. The molecule has 2 aromatic carbocycles. The van der Waals surface area contributed by atoms with Crippen LogP contribution < -0.4 is 5.32 Å². The summed E-state index contributed by atoms with van der Waals surface area (Å²) >= 11 is 0. The number of ether oxygens (including phenoxy) is 1. The summed E-state index contributed by atoms with van der Waals surface area (Å²) < 4.78 is 48.6. The fourth-order valence-electron chi connectivity index (χ4n) is 2.67. The predicted octanol–water partition coefficient (Wildman–Crippen LogP) is 3.78. The Morgan fingerprint density at radius 1 is 1.07 bits per heavy atom. The minimum Gasteiger partial charge on any atom is -0.462 e. The average molecular weight is 403 g/mol. The van der Waals surface area contributed by atoms with Crippen molar-refractivity contribution in [2.24, 2.45) is 0 Å². The van der Waals surface area contributed by atoms with Gasteiger partial charge in [0.25, 0.3) is 5.91 Å². The summed E-state index contributed by atoms with van der Waals surface area (Å²) in [6.45, 7) is 1.58. The molecular weight excluding hydrogens is 387 g/mol. The second kappa shape index (κ2) is 8.59. The SMILES string of the molecule is CCOC(=O)c1ccc(F)c(NC(=O)c2c(F)cnn2Cc2ccccc2)c1F. The quantitative estimate of drug-likeness (QED) is 0.636. The van der Waals surface area contributed by atoms with E-state index < -0.39 is 46.3 Å². The first-order chi connectivity index (χ1) is 13.9. The number of halogens is 3. The van der Waals surface area contributed by atoms with Crippen molar-refractivity contribution in [1.29, 1.82) is 0 Å². The Morgan fingerprint density at radius 2 is 1.79 bits per heavy atom. The summed E-state index contributed by atoms with van der Waals surface area (Å²) in [7, 11) is 0. The third-order valence-corrected chi connectivity index (χ3v) is 4.01. The predicted molar refractivity (Wildman–Crippen MR) is 98.0 cm³/mol. The van der Waals surface area contributed by atoms with Crippen molar-refractivity contribution in [3.63, 3.8) is 0 Å². The molecule has 29 heavy (non-hydrogen) atoms. The monoisotopic (exact) mass is 403 g/mol. The third-order valence-electron chi connectivity index (χ3n) is 4.01. The summed E-state index contributed by atoms with van der Waals surface area (Å²) in [6.07, 6.45) is 0.833. The summed E-state index contributed by atoms with van der Waals surface area (Å²) in [5.74, 6) is -5.53. The van der Waals surface area contributed by atoms with Crippen LogP contribution in [0.4, 0.5) is 18.9 Å². The highest BCUT2D eigenvalue weighted by atomic mass is 19.1. The molecule has 9 heteroatoms. The molecule has 0 saturated heterocycles. The number of benzene rings is 2. The molecule has 1 heterocycles. The number of carbonyl (C=O) groups is 2. The van der Waals surface area contributed by atoms with Crippen LogP contribution in [-0.4, -0.2) is 28.3 Å². The van der Waals surface area contributed by atoms with Gasteiger partial charge in [0.2, 0.25) is 0 Å². The van der Waals surface area contributed by atoms with Crippen LogP contribution in [0.25, 0.3) is 0 Å². The lowest BCUT2D eigenvalue weighted by molar-refractivity contribution is 0.0520. The van der Waals surface area contributed by atoms with Crippen molar-refractivity contribution >= 4 is 17.6 Å². The van der Waals surface area contributed by atoms with Crippen LogP contribution in [0.5, 0.6) is 0 Å². The van der Waals surface area contributed by atoms with Gasteiger partial charge in [0.1, 0.15) is 11.5 Å². The van der Waals surface area contributed by atoms with Crippen molar-refractivity contribution in [3.8, 4) is 0 Å². The Kier molecular flexibility index (Phi) is 5.96. The lowest BCUT2D eigenvalue weighted by Gasteiger charge is -2.12. The fourth-order valence-corrected chi connectivity index (χ4v) is 2.67. The van der Waals surface area contributed by atoms with Gasteiger partial charge in [0, 0.05) is 0 Å². The Hall–Kier alpha value is -3.62. The zero-order chi connectivity index (χ0) is 21.0. The van der Waals surface area contributed by atoms with Gasteiger partial charge < -0.3 is 10.1 Å². The molecule has 0 spiro atoms. The number of hydrogen-bond donors (Lipinski definition) is 1. The lowest BCUT2D eigenvalue weighted by Crippen LogP contribution is -2.21. The maximum Gasteiger partial charge on any atom is 0.341 e. The third kappa shape index (κ3) is 4.29. The van der Waals surface area contributed by atoms with E-state index in [1.54, 1.807) is 30.3 Å². The zero-order valence-electron chi connectivity index (χ0n) is 15.3. The molecule has 3 aromatic rings. The Labute approximate surface area is 163 Å².